The smallest absolute Gasteiger partial charge is 0.261 e. The summed E-state index contributed by atoms with van der Waals surface area (Å²) >= 11 is 1.45. The molecule has 23 heavy (non-hydrogen) atoms. The normalized spacial score (nSPS) is 15.6. The lowest BCUT2D eigenvalue weighted by molar-refractivity contribution is 0.0955. The number of carbonyl (C=O) groups is 1. The van der Waals surface area contributed by atoms with Crippen molar-refractivity contribution in [1.29, 1.82) is 0 Å². The Kier molecular flexibility index (Phi) is 5.31. The number of nitrogens with zero attached hydrogens (tertiary/aromatic N) is 1. The molecule has 0 radical (unpaired) electrons. The van der Waals surface area contributed by atoms with Gasteiger partial charge in [-0.15, -0.1) is 11.3 Å². The maximum atomic E-state index is 11.9. The molecule has 1 amide bonds. The van der Waals surface area contributed by atoms with Crippen molar-refractivity contribution in [2.45, 2.75) is 19.4 Å². The van der Waals surface area contributed by atoms with Crippen LogP contribution in [0.25, 0.3) is 0 Å². The van der Waals surface area contributed by atoms with Gasteiger partial charge in [-0.05, 0) is 47.9 Å². The van der Waals surface area contributed by atoms with Gasteiger partial charge in [0.1, 0.15) is 0 Å². The van der Waals surface area contributed by atoms with Crippen molar-refractivity contribution in [1.82, 2.24) is 5.32 Å². The Bertz CT molecular complexity index is 617. The van der Waals surface area contributed by atoms with E-state index in [1.54, 1.807) is 0 Å². The predicted molar refractivity (Wildman–Crippen MR) is 94.0 cm³/mol. The highest BCUT2D eigenvalue weighted by Crippen LogP contribution is 2.23. The van der Waals surface area contributed by atoms with E-state index in [1.807, 2.05) is 17.5 Å². The van der Waals surface area contributed by atoms with Crippen molar-refractivity contribution < 1.29 is 9.90 Å². The van der Waals surface area contributed by atoms with Crippen LogP contribution >= 0.6 is 11.3 Å². The van der Waals surface area contributed by atoms with Gasteiger partial charge in [0.2, 0.25) is 0 Å². The molecule has 0 aliphatic carbocycles. The van der Waals surface area contributed by atoms with Gasteiger partial charge in [-0.25, -0.2) is 0 Å². The summed E-state index contributed by atoms with van der Waals surface area (Å²) < 4.78 is 0. The van der Waals surface area contributed by atoms with Crippen LogP contribution in [0.4, 0.5) is 5.69 Å². The van der Waals surface area contributed by atoms with Crippen molar-refractivity contribution >= 4 is 22.9 Å². The molecule has 0 unspecified atom stereocenters. The molecule has 1 fully saturated rings. The Hall–Kier alpha value is -1.85. The summed E-state index contributed by atoms with van der Waals surface area (Å²) in [6.45, 7) is 2.85. The summed E-state index contributed by atoms with van der Waals surface area (Å²) in [5.74, 6) is 0.438. The number of aliphatic hydroxyl groups excluding tert-OH is 1. The number of nitrogens with one attached hydrogen (secondary N) is 1. The quantitative estimate of drug-likeness (QED) is 0.886. The summed E-state index contributed by atoms with van der Waals surface area (Å²) in [4.78, 5) is 15.0. The van der Waals surface area contributed by atoms with E-state index in [4.69, 9.17) is 0 Å². The lowest BCUT2D eigenvalue weighted by Crippen LogP contribution is -2.34. The summed E-state index contributed by atoms with van der Waals surface area (Å²) in [7, 11) is 0. The van der Waals surface area contributed by atoms with Gasteiger partial charge in [0, 0.05) is 31.9 Å². The zero-order chi connectivity index (χ0) is 16.1. The third-order valence-corrected chi connectivity index (χ3v) is 5.24. The molecule has 0 bridgehead atoms. The Morgan fingerprint density at radius 3 is 2.57 bits per heavy atom. The zero-order valence-electron chi connectivity index (χ0n) is 13.1. The maximum absolute atomic E-state index is 11.9. The molecule has 1 aromatic carbocycles. The minimum Gasteiger partial charge on any atom is -0.396 e. The fourth-order valence-corrected chi connectivity index (χ4v) is 3.52. The number of piperidine rings is 1. The number of benzene rings is 1. The van der Waals surface area contributed by atoms with E-state index >= 15 is 0 Å². The summed E-state index contributed by atoms with van der Waals surface area (Å²) in [5.41, 5.74) is 2.32. The third-order valence-electron chi connectivity index (χ3n) is 4.37. The fraction of sp³-hybridized carbons (Fsp3) is 0.389. The van der Waals surface area contributed by atoms with E-state index < -0.39 is 0 Å². The lowest BCUT2D eigenvalue weighted by Gasteiger charge is -2.33. The standard InChI is InChI=1S/C18H22N2O2S/c21-13-15-7-9-20(10-8-15)16-5-3-14(4-6-16)12-19-18(22)17-2-1-11-23-17/h1-6,11,15,21H,7-10,12-13H2,(H,19,22). The Morgan fingerprint density at radius 1 is 1.22 bits per heavy atom. The first kappa shape index (κ1) is 16.0. The Morgan fingerprint density at radius 2 is 1.96 bits per heavy atom. The van der Waals surface area contributed by atoms with Crippen LogP contribution in [0.5, 0.6) is 0 Å². The molecule has 0 spiro atoms. The molecule has 2 aromatic rings. The lowest BCUT2D eigenvalue weighted by atomic mass is 9.97. The minimum atomic E-state index is -0.0184. The number of hydrogen-bond acceptors (Lipinski definition) is 4. The van der Waals surface area contributed by atoms with Gasteiger partial charge in [0.15, 0.2) is 0 Å². The highest BCUT2D eigenvalue weighted by atomic mass is 32.1. The first-order valence-electron chi connectivity index (χ1n) is 8.02. The topological polar surface area (TPSA) is 52.6 Å². The molecule has 1 aliphatic rings. The van der Waals surface area contributed by atoms with Crippen LogP contribution in [-0.2, 0) is 6.54 Å². The van der Waals surface area contributed by atoms with Gasteiger partial charge in [0.25, 0.3) is 5.91 Å². The van der Waals surface area contributed by atoms with Gasteiger partial charge >= 0.3 is 0 Å². The van der Waals surface area contributed by atoms with Gasteiger partial charge in [0.05, 0.1) is 4.88 Å². The second kappa shape index (κ2) is 7.62. The van der Waals surface area contributed by atoms with Crippen LogP contribution in [0, 0.1) is 5.92 Å². The second-order valence-corrected chi connectivity index (χ2v) is 6.89. The van der Waals surface area contributed by atoms with Crippen LogP contribution in [0.1, 0.15) is 28.1 Å². The average molecular weight is 330 g/mol. The largest absolute Gasteiger partial charge is 0.396 e. The molecular formula is C18H22N2O2S. The van der Waals surface area contributed by atoms with Crippen LogP contribution < -0.4 is 10.2 Å². The molecule has 4 nitrogen and oxygen atoms in total. The first-order valence-corrected chi connectivity index (χ1v) is 8.90. The number of rotatable bonds is 5. The van der Waals surface area contributed by atoms with Crippen molar-refractivity contribution in [2.24, 2.45) is 5.92 Å². The second-order valence-electron chi connectivity index (χ2n) is 5.94. The van der Waals surface area contributed by atoms with Crippen molar-refractivity contribution in [2.75, 3.05) is 24.6 Å². The minimum absolute atomic E-state index is 0.0184. The van der Waals surface area contributed by atoms with Gasteiger partial charge in [-0.1, -0.05) is 18.2 Å². The van der Waals surface area contributed by atoms with Crippen LogP contribution in [0.15, 0.2) is 41.8 Å². The van der Waals surface area contributed by atoms with Crippen LogP contribution in [-0.4, -0.2) is 30.7 Å². The predicted octanol–water partition coefficient (Wildman–Crippen LogP) is 2.89. The molecule has 2 N–H and O–H groups in total. The molecule has 0 atom stereocenters. The van der Waals surface area contributed by atoms with Crippen molar-refractivity contribution in [3.63, 3.8) is 0 Å². The van der Waals surface area contributed by atoms with Crippen molar-refractivity contribution in [3.8, 4) is 0 Å². The number of anilines is 1. The van der Waals surface area contributed by atoms with E-state index in [2.05, 4.69) is 34.5 Å². The van der Waals surface area contributed by atoms with E-state index in [9.17, 15) is 9.90 Å². The Balaban J connectivity index is 1.52. The molecule has 2 heterocycles. The summed E-state index contributed by atoms with van der Waals surface area (Å²) in [6, 6.07) is 12.1. The molecular weight excluding hydrogens is 308 g/mol. The number of hydrogen-bond donors (Lipinski definition) is 2. The van der Waals surface area contributed by atoms with Gasteiger partial charge < -0.3 is 15.3 Å². The molecule has 1 aliphatic heterocycles. The number of aliphatic hydroxyl groups is 1. The molecule has 0 saturated carbocycles. The SMILES string of the molecule is O=C(NCc1ccc(N2CCC(CO)CC2)cc1)c1cccs1. The maximum Gasteiger partial charge on any atom is 0.261 e. The molecule has 3 rings (SSSR count). The molecule has 1 saturated heterocycles. The molecule has 5 heteroatoms. The first-order chi connectivity index (χ1) is 11.3. The van der Waals surface area contributed by atoms with E-state index in [0.717, 1.165) is 36.4 Å². The van der Waals surface area contributed by atoms with E-state index in [1.165, 1.54) is 17.0 Å². The van der Waals surface area contributed by atoms with Crippen LogP contribution in [0.2, 0.25) is 0 Å². The molecule has 122 valence electrons. The van der Waals surface area contributed by atoms with Gasteiger partial charge in [-0.2, -0.15) is 0 Å². The monoisotopic (exact) mass is 330 g/mol. The van der Waals surface area contributed by atoms with E-state index in [-0.39, 0.29) is 5.91 Å². The number of thiophene rings is 1. The highest BCUT2D eigenvalue weighted by molar-refractivity contribution is 7.12. The summed E-state index contributed by atoms with van der Waals surface area (Å²) in [6.07, 6.45) is 2.10. The van der Waals surface area contributed by atoms with Gasteiger partial charge in [-0.3, -0.25) is 4.79 Å². The molecule has 1 aromatic heterocycles. The third kappa shape index (κ3) is 4.12. The average Bonchev–Trinajstić information content (AvgIpc) is 3.15. The van der Waals surface area contributed by atoms with E-state index in [0.29, 0.717) is 19.1 Å². The number of carbonyl (C=O) groups excluding carboxylic acids is 1. The van der Waals surface area contributed by atoms with Crippen molar-refractivity contribution in [3.05, 3.63) is 52.2 Å². The summed E-state index contributed by atoms with van der Waals surface area (Å²) in [5, 5.41) is 14.1. The Labute approximate surface area is 140 Å². The number of amides is 1. The zero-order valence-corrected chi connectivity index (χ0v) is 13.9. The van der Waals surface area contributed by atoms with Crippen LogP contribution in [0.3, 0.4) is 0 Å². The highest BCUT2D eigenvalue weighted by Gasteiger charge is 2.18. The fourth-order valence-electron chi connectivity index (χ4n) is 2.88.